The van der Waals surface area contributed by atoms with E-state index in [4.69, 9.17) is 0 Å². The number of aryl methyl sites for hydroxylation is 1. The van der Waals surface area contributed by atoms with E-state index in [9.17, 15) is 18.0 Å². The Morgan fingerprint density at radius 1 is 1.24 bits per heavy atom. The first-order valence-electron chi connectivity index (χ1n) is 6.34. The van der Waals surface area contributed by atoms with Gasteiger partial charge < -0.3 is 9.80 Å². The molecule has 0 aromatic carbocycles. The third kappa shape index (κ3) is 4.31. The van der Waals surface area contributed by atoms with Crippen LogP contribution in [0, 0.1) is 6.92 Å². The van der Waals surface area contributed by atoms with Crippen LogP contribution in [0.2, 0.25) is 0 Å². The van der Waals surface area contributed by atoms with Crippen molar-refractivity contribution in [2.24, 2.45) is 0 Å². The van der Waals surface area contributed by atoms with Crippen molar-refractivity contribution in [1.29, 1.82) is 0 Å². The van der Waals surface area contributed by atoms with Gasteiger partial charge in [0, 0.05) is 37.9 Å². The molecular formula is C12H15F3N4OS. The van der Waals surface area contributed by atoms with Crippen molar-refractivity contribution in [1.82, 2.24) is 14.9 Å². The van der Waals surface area contributed by atoms with Gasteiger partial charge in [-0.1, -0.05) is 0 Å². The van der Waals surface area contributed by atoms with E-state index in [0.717, 1.165) is 26.2 Å². The predicted molar refractivity (Wildman–Crippen MR) is 73.4 cm³/mol. The molecule has 0 spiro atoms. The number of halogens is 3. The van der Waals surface area contributed by atoms with E-state index >= 15 is 0 Å². The van der Waals surface area contributed by atoms with Crippen LogP contribution in [-0.2, 0) is 4.79 Å². The van der Waals surface area contributed by atoms with Crippen LogP contribution in [0.1, 0.15) is 5.69 Å². The molecule has 2 rings (SSSR count). The third-order valence-corrected chi connectivity index (χ3v) is 3.84. The summed E-state index contributed by atoms with van der Waals surface area (Å²) in [7, 11) is 2.01. The summed E-state index contributed by atoms with van der Waals surface area (Å²) in [5, 5.41) is -2.07. The molecule has 0 aliphatic carbocycles. The molecule has 1 aliphatic rings. The maximum atomic E-state index is 12.3. The molecular weight excluding hydrogens is 305 g/mol. The minimum atomic E-state index is -4.88. The Bertz CT molecular complexity index is 530. The molecule has 9 heteroatoms. The molecule has 2 heterocycles. The zero-order valence-electron chi connectivity index (χ0n) is 11.6. The molecule has 1 aromatic rings. The molecule has 0 unspecified atom stereocenters. The van der Waals surface area contributed by atoms with Gasteiger partial charge in [0.05, 0.1) is 0 Å². The van der Waals surface area contributed by atoms with Crippen molar-refractivity contribution in [2.45, 2.75) is 18.3 Å². The predicted octanol–water partition coefficient (Wildman–Crippen LogP) is 1.72. The van der Waals surface area contributed by atoms with Gasteiger partial charge in [-0.2, -0.15) is 13.2 Å². The smallest absolute Gasteiger partial charge is 0.354 e. The molecule has 5 nitrogen and oxygen atoms in total. The molecule has 1 fully saturated rings. The standard InChI is InChI=1S/C12H15F3N4OS/c1-8-7-9(19-5-3-18(2)4-6-19)17-11(16-8)21-10(20)12(13,14)15/h7H,3-6H2,1-2H3. The molecule has 21 heavy (non-hydrogen) atoms. The van der Waals surface area contributed by atoms with Crippen molar-refractivity contribution in [3.8, 4) is 0 Å². The van der Waals surface area contributed by atoms with Crippen molar-refractivity contribution in [2.75, 3.05) is 38.1 Å². The van der Waals surface area contributed by atoms with E-state index in [-0.39, 0.29) is 16.9 Å². The van der Waals surface area contributed by atoms with Crippen molar-refractivity contribution < 1.29 is 18.0 Å². The zero-order valence-corrected chi connectivity index (χ0v) is 12.5. The average molecular weight is 320 g/mol. The molecule has 1 aromatic heterocycles. The van der Waals surface area contributed by atoms with Gasteiger partial charge in [0.2, 0.25) is 0 Å². The fourth-order valence-electron chi connectivity index (χ4n) is 1.91. The van der Waals surface area contributed by atoms with E-state index in [0.29, 0.717) is 11.5 Å². The van der Waals surface area contributed by atoms with Crippen LogP contribution in [0.25, 0.3) is 0 Å². The lowest BCUT2D eigenvalue weighted by molar-refractivity contribution is -0.160. The Morgan fingerprint density at radius 2 is 1.86 bits per heavy atom. The second-order valence-electron chi connectivity index (χ2n) is 4.83. The van der Waals surface area contributed by atoms with Gasteiger partial charge in [-0.05, 0) is 25.7 Å². The summed E-state index contributed by atoms with van der Waals surface area (Å²) in [6, 6.07) is 1.72. The summed E-state index contributed by atoms with van der Waals surface area (Å²) in [6.45, 7) is 4.86. The van der Waals surface area contributed by atoms with Gasteiger partial charge in [-0.3, -0.25) is 4.79 Å². The number of alkyl halides is 3. The SMILES string of the molecule is Cc1cc(N2CCN(C)CC2)nc(SC(=O)C(F)(F)F)n1. The summed E-state index contributed by atoms with van der Waals surface area (Å²) in [6.07, 6.45) is -4.88. The number of thioether (sulfide) groups is 1. The molecule has 0 N–H and O–H groups in total. The molecule has 0 radical (unpaired) electrons. The monoisotopic (exact) mass is 320 g/mol. The van der Waals surface area contributed by atoms with Crippen molar-refractivity contribution in [3.05, 3.63) is 11.8 Å². The molecule has 0 atom stereocenters. The first kappa shape index (κ1) is 16.0. The number of piperazine rings is 1. The molecule has 116 valence electrons. The Morgan fingerprint density at radius 3 is 2.43 bits per heavy atom. The van der Waals surface area contributed by atoms with Crippen molar-refractivity contribution in [3.63, 3.8) is 0 Å². The minimum absolute atomic E-state index is 0.0202. The van der Waals surface area contributed by atoms with Crippen LogP contribution >= 0.6 is 11.8 Å². The highest BCUT2D eigenvalue weighted by Crippen LogP contribution is 2.28. The second kappa shape index (κ2) is 6.18. The van der Waals surface area contributed by atoms with Gasteiger partial charge in [0.1, 0.15) is 5.82 Å². The van der Waals surface area contributed by atoms with Gasteiger partial charge in [0.25, 0.3) is 0 Å². The fraction of sp³-hybridized carbons (Fsp3) is 0.583. The molecule has 1 saturated heterocycles. The number of carbonyl (C=O) groups is 1. The molecule has 0 bridgehead atoms. The van der Waals surface area contributed by atoms with Crippen LogP contribution in [-0.4, -0.2) is 59.4 Å². The van der Waals surface area contributed by atoms with E-state index in [1.807, 2.05) is 11.9 Å². The van der Waals surface area contributed by atoms with Gasteiger partial charge in [-0.15, -0.1) is 0 Å². The Labute approximate surface area is 124 Å². The maximum absolute atomic E-state index is 12.3. The summed E-state index contributed by atoms with van der Waals surface area (Å²) in [5.74, 6) is 0.563. The normalized spacial score (nSPS) is 17.1. The highest BCUT2D eigenvalue weighted by atomic mass is 32.2. The number of rotatable bonds is 2. The van der Waals surface area contributed by atoms with Crippen LogP contribution in [0.4, 0.5) is 19.0 Å². The number of carbonyl (C=O) groups excluding carboxylic acids is 1. The average Bonchev–Trinajstić information content (AvgIpc) is 2.37. The van der Waals surface area contributed by atoms with E-state index in [1.165, 1.54) is 0 Å². The maximum Gasteiger partial charge on any atom is 0.461 e. The first-order chi connectivity index (χ1) is 9.75. The second-order valence-corrected chi connectivity index (χ2v) is 5.77. The Hall–Kier alpha value is -1.35. The third-order valence-electron chi connectivity index (χ3n) is 3.06. The van der Waals surface area contributed by atoms with Gasteiger partial charge >= 0.3 is 11.3 Å². The topological polar surface area (TPSA) is 49.3 Å². The lowest BCUT2D eigenvalue weighted by Crippen LogP contribution is -2.44. The molecule has 1 aliphatic heterocycles. The number of likely N-dealkylation sites (N-methyl/N-ethyl adjacent to an activating group) is 1. The van der Waals surface area contributed by atoms with E-state index < -0.39 is 11.3 Å². The number of hydrogen-bond donors (Lipinski definition) is 0. The molecule has 0 amide bonds. The number of nitrogens with zero attached hydrogens (tertiary/aromatic N) is 4. The van der Waals surface area contributed by atoms with Crippen LogP contribution in [0.15, 0.2) is 11.2 Å². The van der Waals surface area contributed by atoms with Crippen LogP contribution in [0.5, 0.6) is 0 Å². The van der Waals surface area contributed by atoms with Crippen LogP contribution in [0.3, 0.4) is 0 Å². The lowest BCUT2D eigenvalue weighted by atomic mass is 10.3. The number of anilines is 1. The zero-order chi connectivity index (χ0) is 15.6. The van der Waals surface area contributed by atoms with Crippen molar-refractivity contribution >= 4 is 22.7 Å². The minimum Gasteiger partial charge on any atom is -0.354 e. The van der Waals surface area contributed by atoms with E-state index in [1.54, 1.807) is 13.0 Å². The first-order valence-corrected chi connectivity index (χ1v) is 7.15. The highest BCUT2D eigenvalue weighted by molar-refractivity contribution is 8.13. The summed E-state index contributed by atoms with van der Waals surface area (Å²) >= 11 is 0.0202. The largest absolute Gasteiger partial charge is 0.461 e. The van der Waals surface area contributed by atoms with E-state index in [2.05, 4.69) is 14.9 Å². The molecule has 0 saturated carbocycles. The quantitative estimate of drug-likeness (QED) is 0.611. The highest BCUT2D eigenvalue weighted by Gasteiger charge is 2.40. The lowest BCUT2D eigenvalue weighted by Gasteiger charge is -2.33. The number of hydrogen-bond acceptors (Lipinski definition) is 6. The number of aromatic nitrogens is 2. The fourth-order valence-corrected chi connectivity index (χ4v) is 2.52. The van der Waals surface area contributed by atoms with Gasteiger partial charge in [0.15, 0.2) is 5.16 Å². The van der Waals surface area contributed by atoms with Gasteiger partial charge in [-0.25, -0.2) is 9.97 Å². The Balaban J connectivity index is 2.16. The summed E-state index contributed by atoms with van der Waals surface area (Å²) in [5.41, 5.74) is 0.538. The summed E-state index contributed by atoms with van der Waals surface area (Å²) in [4.78, 5) is 23.1. The summed E-state index contributed by atoms with van der Waals surface area (Å²) < 4.78 is 36.9. The Kier molecular flexibility index (Phi) is 4.72. The van der Waals surface area contributed by atoms with Crippen LogP contribution < -0.4 is 4.90 Å².